The van der Waals surface area contributed by atoms with Crippen molar-refractivity contribution >= 4 is 28.2 Å². The summed E-state index contributed by atoms with van der Waals surface area (Å²) in [5, 5.41) is 16.7. The minimum Gasteiger partial charge on any atom is -0.376 e. The number of hydrogen-bond acceptors (Lipinski definition) is 8. The van der Waals surface area contributed by atoms with Gasteiger partial charge in [-0.1, -0.05) is 58.6 Å². The molecule has 1 atom stereocenters. The van der Waals surface area contributed by atoms with Gasteiger partial charge in [-0.3, -0.25) is 0 Å². The van der Waals surface area contributed by atoms with Gasteiger partial charge in [0, 0.05) is 30.5 Å². The van der Waals surface area contributed by atoms with Crippen LogP contribution in [-0.2, 0) is 10.5 Å². The SMILES string of the molecule is c1ccc(-c2cc(CSc3nnc(NC[C@@H]4CCCO4)s3)no2)cc1. The number of ether oxygens (including phenoxy) is 1. The second-order valence-corrected chi connectivity index (χ2v) is 7.93. The van der Waals surface area contributed by atoms with Gasteiger partial charge in [-0.15, -0.1) is 10.2 Å². The Morgan fingerprint density at radius 1 is 1.24 bits per heavy atom. The van der Waals surface area contributed by atoms with Crippen molar-refractivity contribution in [3.05, 3.63) is 42.1 Å². The number of benzene rings is 1. The largest absolute Gasteiger partial charge is 0.376 e. The molecule has 0 radical (unpaired) electrons. The summed E-state index contributed by atoms with van der Waals surface area (Å²) < 4.78 is 11.9. The number of nitrogens with one attached hydrogen (secondary N) is 1. The predicted molar refractivity (Wildman–Crippen MR) is 98.9 cm³/mol. The fourth-order valence-electron chi connectivity index (χ4n) is 2.60. The minimum absolute atomic E-state index is 0.298. The van der Waals surface area contributed by atoms with Crippen molar-refractivity contribution in [2.24, 2.45) is 0 Å². The quantitative estimate of drug-likeness (QED) is 0.625. The molecule has 1 saturated heterocycles. The van der Waals surface area contributed by atoms with Crippen molar-refractivity contribution in [2.75, 3.05) is 18.5 Å². The van der Waals surface area contributed by atoms with Crippen molar-refractivity contribution in [2.45, 2.75) is 29.0 Å². The fraction of sp³-hybridized carbons (Fsp3) is 0.353. The molecule has 0 bridgehead atoms. The van der Waals surface area contributed by atoms with Crippen LogP contribution in [0.25, 0.3) is 11.3 Å². The Hall–Kier alpha value is -1.90. The summed E-state index contributed by atoms with van der Waals surface area (Å²) in [6.07, 6.45) is 2.56. The second-order valence-electron chi connectivity index (χ2n) is 5.73. The highest BCUT2D eigenvalue weighted by molar-refractivity contribution is 8.00. The maximum atomic E-state index is 5.60. The van der Waals surface area contributed by atoms with Crippen LogP contribution in [0.4, 0.5) is 5.13 Å². The monoisotopic (exact) mass is 374 g/mol. The summed E-state index contributed by atoms with van der Waals surface area (Å²) >= 11 is 3.17. The van der Waals surface area contributed by atoms with Crippen LogP contribution in [0.1, 0.15) is 18.5 Å². The molecule has 0 aliphatic carbocycles. The van der Waals surface area contributed by atoms with E-state index in [-0.39, 0.29) is 0 Å². The normalized spacial score (nSPS) is 17.0. The van der Waals surface area contributed by atoms with E-state index in [1.807, 2.05) is 36.4 Å². The Balaban J connectivity index is 1.29. The summed E-state index contributed by atoms with van der Waals surface area (Å²) in [7, 11) is 0. The molecule has 4 rings (SSSR count). The van der Waals surface area contributed by atoms with E-state index in [2.05, 4.69) is 20.7 Å². The van der Waals surface area contributed by atoms with Gasteiger partial charge in [-0.2, -0.15) is 0 Å². The molecule has 0 saturated carbocycles. The van der Waals surface area contributed by atoms with Gasteiger partial charge in [0.15, 0.2) is 10.1 Å². The third kappa shape index (κ3) is 4.39. The highest BCUT2D eigenvalue weighted by Gasteiger charge is 2.16. The third-order valence-electron chi connectivity index (χ3n) is 3.87. The molecule has 8 heteroatoms. The number of thioether (sulfide) groups is 1. The van der Waals surface area contributed by atoms with Crippen molar-refractivity contribution < 1.29 is 9.26 Å². The zero-order valence-corrected chi connectivity index (χ0v) is 15.2. The molecule has 3 aromatic rings. The molecule has 1 aliphatic heterocycles. The molecule has 1 aliphatic rings. The molecule has 1 fully saturated rings. The number of anilines is 1. The van der Waals surface area contributed by atoms with Crippen molar-refractivity contribution in [3.63, 3.8) is 0 Å². The van der Waals surface area contributed by atoms with Crippen LogP contribution in [-0.4, -0.2) is 34.6 Å². The average Bonchev–Trinajstić information content (AvgIpc) is 3.40. The fourth-order valence-corrected chi connectivity index (χ4v) is 4.24. The standard InChI is InChI=1S/C17H18N4O2S2/c1-2-5-12(6-3-1)15-9-13(21-23-15)11-24-17-20-19-16(25-17)18-10-14-7-4-8-22-14/h1-3,5-6,9,14H,4,7-8,10-11H2,(H,18,19)/t14-/m0/s1. The van der Waals surface area contributed by atoms with Crippen molar-refractivity contribution in [1.82, 2.24) is 15.4 Å². The van der Waals surface area contributed by atoms with Gasteiger partial charge in [0.2, 0.25) is 5.13 Å². The molecular weight excluding hydrogens is 356 g/mol. The van der Waals surface area contributed by atoms with Crippen LogP contribution in [0.2, 0.25) is 0 Å². The van der Waals surface area contributed by atoms with E-state index in [4.69, 9.17) is 9.26 Å². The van der Waals surface area contributed by atoms with Crippen LogP contribution < -0.4 is 5.32 Å². The molecule has 1 aromatic carbocycles. The lowest BCUT2D eigenvalue weighted by atomic mass is 10.2. The highest BCUT2D eigenvalue weighted by Crippen LogP contribution is 2.29. The second kappa shape index (κ2) is 7.99. The zero-order chi connectivity index (χ0) is 16.9. The molecule has 2 aromatic heterocycles. The van der Waals surface area contributed by atoms with Gasteiger partial charge in [0.25, 0.3) is 0 Å². The smallest absolute Gasteiger partial charge is 0.206 e. The Bertz CT molecular complexity index is 800. The summed E-state index contributed by atoms with van der Waals surface area (Å²) in [6, 6.07) is 11.9. The lowest BCUT2D eigenvalue weighted by molar-refractivity contribution is 0.120. The first-order valence-electron chi connectivity index (χ1n) is 8.19. The Labute approximate surface area is 154 Å². The van der Waals surface area contributed by atoms with Gasteiger partial charge in [0.05, 0.1) is 11.8 Å². The van der Waals surface area contributed by atoms with Crippen LogP contribution in [0, 0.1) is 0 Å². The van der Waals surface area contributed by atoms with Gasteiger partial charge in [-0.05, 0) is 12.8 Å². The maximum absolute atomic E-state index is 5.60. The first-order chi connectivity index (χ1) is 12.4. The predicted octanol–water partition coefficient (Wildman–Crippen LogP) is 4.08. The van der Waals surface area contributed by atoms with Gasteiger partial charge >= 0.3 is 0 Å². The van der Waals surface area contributed by atoms with E-state index in [0.717, 1.165) is 52.5 Å². The summed E-state index contributed by atoms with van der Waals surface area (Å²) in [5.41, 5.74) is 1.93. The molecule has 1 N–H and O–H groups in total. The topological polar surface area (TPSA) is 73.1 Å². The molecule has 130 valence electrons. The van der Waals surface area contributed by atoms with E-state index in [0.29, 0.717) is 11.9 Å². The summed E-state index contributed by atoms with van der Waals surface area (Å²) in [6.45, 7) is 1.66. The van der Waals surface area contributed by atoms with Crippen LogP contribution in [0.3, 0.4) is 0 Å². The van der Waals surface area contributed by atoms with Gasteiger partial charge in [0.1, 0.15) is 0 Å². The summed E-state index contributed by atoms with van der Waals surface area (Å²) in [5.74, 6) is 1.49. The van der Waals surface area contributed by atoms with Crippen LogP contribution in [0.15, 0.2) is 45.3 Å². The van der Waals surface area contributed by atoms with Crippen LogP contribution in [0.5, 0.6) is 0 Å². The van der Waals surface area contributed by atoms with Crippen molar-refractivity contribution in [1.29, 1.82) is 0 Å². The molecule has 6 nitrogen and oxygen atoms in total. The lowest BCUT2D eigenvalue weighted by Crippen LogP contribution is -2.18. The number of nitrogens with zero attached hydrogens (tertiary/aromatic N) is 3. The Kier molecular flexibility index (Phi) is 5.29. The minimum atomic E-state index is 0.298. The van der Waals surface area contributed by atoms with E-state index in [1.54, 1.807) is 23.1 Å². The molecule has 25 heavy (non-hydrogen) atoms. The molecule has 3 heterocycles. The first kappa shape index (κ1) is 16.6. The van der Waals surface area contributed by atoms with E-state index in [1.165, 1.54) is 0 Å². The van der Waals surface area contributed by atoms with E-state index in [9.17, 15) is 0 Å². The van der Waals surface area contributed by atoms with Crippen molar-refractivity contribution in [3.8, 4) is 11.3 Å². The average molecular weight is 374 g/mol. The van der Waals surface area contributed by atoms with Gasteiger partial charge in [-0.25, -0.2) is 0 Å². The molecule has 0 spiro atoms. The maximum Gasteiger partial charge on any atom is 0.206 e. The zero-order valence-electron chi connectivity index (χ0n) is 13.6. The lowest BCUT2D eigenvalue weighted by Gasteiger charge is -2.08. The molecule has 0 amide bonds. The number of aromatic nitrogens is 3. The third-order valence-corrected chi connectivity index (χ3v) is 5.92. The number of rotatable bonds is 7. The molecule has 0 unspecified atom stereocenters. The Morgan fingerprint density at radius 2 is 2.16 bits per heavy atom. The molecular formula is C17H18N4O2S2. The van der Waals surface area contributed by atoms with E-state index < -0.39 is 0 Å². The highest BCUT2D eigenvalue weighted by atomic mass is 32.2. The van der Waals surface area contributed by atoms with Gasteiger partial charge < -0.3 is 14.6 Å². The summed E-state index contributed by atoms with van der Waals surface area (Å²) in [4.78, 5) is 0. The Morgan fingerprint density at radius 3 is 3.00 bits per heavy atom. The van der Waals surface area contributed by atoms with E-state index >= 15 is 0 Å². The number of hydrogen-bond donors (Lipinski definition) is 1. The first-order valence-corrected chi connectivity index (χ1v) is 10.00. The van der Waals surface area contributed by atoms with Crippen LogP contribution >= 0.6 is 23.1 Å².